The van der Waals surface area contributed by atoms with Gasteiger partial charge in [0.1, 0.15) is 11.3 Å². The molecule has 0 atom stereocenters. The van der Waals surface area contributed by atoms with Gasteiger partial charge in [0.2, 0.25) is 0 Å². The van der Waals surface area contributed by atoms with Gasteiger partial charge in [-0.2, -0.15) is 5.10 Å². The summed E-state index contributed by atoms with van der Waals surface area (Å²) >= 11 is 0. The van der Waals surface area contributed by atoms with E-state index in [0.717, 1.165) is 23.1 Å². The van der Waals surface area contributed by atoms with Crippen LogP contribution in [0.2, 0.25) is 0 Å². The molecule has 0 N–H and O–H groups in total. The summed E-state index contributed by atoms with van der Waals surface area (Å²) in [5.74, 6) is 0.953. The Labute approximate surface area is 147 Å². The van der Waals surface area contributed by atoms with Crippen LogP contribution in [0.25, 0.3) is 22.0 Å². The smallest absolute Gasteiger partial charge is 0.108 e. The van der Waals surface area contributed by atoms with Crippen LogP contribution < -0.4 is 0 Å². The summed E-state index contributed by atoms with van der Waals surface area (Å²) in [6.07, 6.45) is 5.83. The Morgan fingerprint density at radius 2 is 1.84 bits per heavy atom. The summed E-state index contributed by atoms with van der Waals surface area (Å²) in [7, 11) is 1.93. The first-order valence-corrected chi connectivity index (χ1v) is 8.51. The molecule has 1 radical (unpaired) electrons. The summed E-state index contributed by atoms with van der Waals surface area (Å²) in [5, 5.41) is 5.78. The fourth-order valence-electron chi connectivity index (χ4n) is 3.75. The number of aryl methyl sites for hydroxylation is 4. The SMILES string of the molecule is Cc1cc(C)c(-c2ccc(Cc3ccco3)c3[c]n(C)nc23)c(C)c1. The van der Waals surface area contributed by atoms with Crippen LogP contribution in [-0.4, -0.2) is 9.78 Å². The summed E-state index contributed by atoms with van der Waals surface area (Å²) in [4.78, 5) is 0. The van der Waals surface area contributed by atoms with Gasteiger partial charge in [0.15, 0.2) is 0 Å². The highest BCUT2D eigenvalue weighted by Gasteiger charge is 2.16. The second kappa shape index (κ2) is 5.92. The summed E-state index contributed by atoms with van der Waals surface area (Å²) < 4.78 is 7.29. The third-order valence-electron chi connectivity index (χ3n) is 4.68. The molecule has 0 bridgehead atoms. The molecule has 2 heterocycles. The van der Waals surface area contributed by atoms with Gasteiger partial charge in [-0.15, -0.1) is 0 Å². The molecule has 0 fully saturated rings. The molecular formula is C22H21N2O. The van der Waals surface area contributed by atoms with E-state index < -0.39 is 0 Å². The van der Waals surface area contributed by atoms with Gasteiger partial charge in [0.05, 0.1) is 12.5 Å². The van der Waals surface area contributed by atoms with Gasteiger partial charge < -0.3 is 4.42 Å². The van der Waals surface area contributed by atoms with Gasteiger partial charge in [0.25, 0.3) is 0 Å². The van der Waals surface area contributed by atoms with Crippen molar-refractivity contribution in [3.63, 3.8) is 0 Å². The van der Waals surface area contributed by atoms with Crippen LogP contribution in [0.15, 0.2) is 47.1 Å². The maximum absolute atomic E-state index is 5.52. The van der Waals surface area contributed by atoms with Crippen molar-refractivity contribution >= 4 is 10.9 Å². The Balaban J connectivity index is 1.93. The van der Waals surface area contributed by atoms with Crippen LogP contribution in [0.4, 0.5) is 0 Å². The minimum absolute atomic E-state index is 0.748. The molecule has 0 aliphatic carbocycles. The number of hydrogen-bond donors (Lipinski definition) is 0. The molecule has 25 heavy (non-hydrogen) atoms. The minimum Gasteiger partial charge on any atom is -0.469 e. The Hall–Kier alpha value is -2.81. The number of rotatable bonds is 3. The number of nitrogens with zero attached hydrogens (tertiary/aromatic N) is 2. The Morgan fingerprint density at radius 3 is 2.52 bits per heavy atom. The van der Waals surface area contributed by atoms with Crippen LogP contribution in [-0.2, 0) is 13.5 Å². The second-order valence-electron chi connectivity index (χ2n) is 6.76. The lowest BCUT2D eigenvalue weighted by atomic mass is 9.91. The molecule has 0 saturated carbocycles. The van der Waals surface area contributed by atoms with E-state index in [9.17, 15) is 0 Å². The molecule has 3 nitrogen and oxygen atoms in total. The van der Waals surface area contributed by atoms with E-state index in [1.54, 1.807) is 10.9 Å². The van der Waals surface area contributed by atoms with E-state index in [2.05, 4.69) is 51.2 Å². The van der Waals surface area contributed by atoms with Crippen molar-refractivity contribution in [3.8, 4) is 11.1 Å². The highest BCUT2D eigenvalue weighted by atomic mass is 16.3. The Kier molecular flexibility index (Phi) is 3.72. The highest BCUT2D eigenvalue weighted by Crippen LogP contribution is 2.35. The van der Waals surface area contributed by atoms with Crippen LogP contribution in [0.5, 0.6) is 0 Å². The standard InChI is InChI=1S/C22H21N2O/c1-14-10-15(2)21(16(3)11-14)19-8-7-17(12-18-6-5-9-25-18)20-13-24(4)23-22(19)20/h5-11H,12H2,1-4H3. The molecule has 0 aliphatic rings. The lowest BCUT2D eigenvalue weighted by Crippen LogP contribution is -1.94. The zero-order chi connectivity index (χ0) is 17.6. The second-order valence-corrected chi connectivity index (χ2v) is 6.76. The van der Waals surface area contributed by atoms with Gasteiger partial charge in [0, 0.05) is 24.4 Å². The van der Waals surface area contributed by atoms with Gasteiger partial charge >= 0.3 is 0 Å². The number of benzene rings is 2. The van der Waals surface area contributed by atoms with Gasteiger partial charge in [-0.3, -0.25) is 4.68 Å². The average Bonchev–Trinajstić information content (AvgIpc) is 3.17. The van der Waals surface area contributed by atoms with Crippen molar-refractivity contribution in [1.29, 1.82) is 0 Å². The largest absolute Gasteiger partial charge is 0.469 e. The van der Waals surface area contributed by atoms with Gasteiger partial charge in [-0.05, 0) is 55.2 Å². The van der Waals surface area contributed by atoms with Crippen LogP contribution in [0.1, 0.15) is 28.0 Å². The zero-order valence-electron chi connectivity index (χ0n) is 15.1. The van der Waals surface area contributed by atoms with Crippen molar-refractivity contribution < 1.29 is 4.42 Å². The molecule has 125 valence electrons. The molecular weight excluding hydrogens is 308 g/mol. The predicted molar refractivity (Wildman–Crippen MR) is 101 cm³/mol. The van der Waals surface area contributed by atoms with Gasteiger partial charge in [-0.1, -0.05) is 29.8 Å². The number of furan rings is 1. The summed E-state index contributed by atoms with van der Waals surface area (Å²) in [6, 6.07) is 12.8. The van der Waals surface area contributed by atoms with Crippen molar-refractivity contribution in [3.05, 3.63) is 76.9 Å². The van der Waals surface area contributed by atoms with Crippen LogP contribution in [0, 0.1) is 27.0 Å². The van der Waals surface area contributed by atoms with Crippen molar-refractivity contribution in [2.75, 3.05) is 0 Å². The maximum atomic E-state index is 5.52. The number of fused-ring (bicyclic) bond motifs is 1. The lowest BCUT2D eigenvalue weighted by Gasteiger charge is -2.13. The molecule has 0 unspecified atom stereocenters. The van der Waals surface area contributed by atoms with Gasteiger partial charge in [-0.25, -0.2) is 0 Å². The molecule has 0 amide bonds. The first kappa shape index (κ1) is 15.7. The predicted octanol–water partition coefficient (Wildman–Crippen LogP) is 5.15. The number of hydrogen-bond acceptors (Lipinski definition) is 2. The fourth-order valence-corrected chi connectivity index (χ4v) is 3.75. The molecule has 4 aromatic rings. The molecule has 3 heteroatoms. The Bertz CT molecular complexity index is 1030. The van der Waals surface area contributed by atoms with E-state index >= 15 is 0 Å². The molecule has 0 aliphatic heterocycles. The van der Waals surface area contributed by atoms with Crippen molar-refractivity contribution in [2.24, 2.45) is 7.05 Å². The minimum atomic E-state index is 0.748. The summed E-state index contributed by atoms with van der Waals surface area (Å²) in [6.45, 7) is 6.48. The maximum Gasteiger partial charge on any atom is 0.108 e. The van der Waals surface area contributed by atoms with Crippen LogP contribution >= 0.6 is 0 Å². The van der Waals surface area contributed by atoms with E-state index in [4.69, 9.17) is 9.52 Å². The normalized spacial score (nSPS) is 11.4. The first-order chi connectivity index (χ1) is 12.0. The third kappa shape index (κ3) is 2.76. The van der Waals surface area contributed by atoms with E-state index in [1.807, 2.05) is 19.2 Å². The quantitative estimate of drug-likeness (QED) is 0.520. The fraction of sp³-hybridized carbons (Fsp3) is 0.227. The first-order valence-electron chi connectivity index (χ1n) is 8.51. The molecule has 2 aromatic heterocycles. The monoisotopic (exact) mass is 329 g/mol. The topological polar surface area (TPSA) is 31.0 Å². The molecule has 0 saturated heterocycles. The van der Waals surface area contributed by atoms with E-state index in [-0.39, 0.29) is 0 Å². The van der Waals surface area contributed by atoms with E-state index in [1.165, 1.54) is 33.4 Å². The zero-order valence-corrected chi connectivity index (χ0v) is 15.1. The third-order valence-corrected chi connectivity index (χ3v) is 4.68. The number of aromatic nitrogens is 2. The molecule has 2 aromatic carbocycles. The van der Waals surface area contributed by atoms with Crippen molar-refractivity contribution in [2.45, 2.75) is 27.2 Å². The Morgan fingerprint density at radius 1 is 1.08 bits per heavy atom. The molecule has 4 rings (SSSR count). The van der Waals surface area contributed by atoms with Crippen LogP contribution in [0.3, 0.4) is 0 Å². The highest BCUT2D eigenvalue weighted by molar-refractivity contribution is 5.96. The average molecular weight is 329 g/mol. The lowest BCUT2D eigenvalue weighted by molar-refractivity contribution is 0.521. The summed E-state index contributed by atoms with van der Waals surface area (Å²) in [5.41, 5.74) is 8.48. The van der Waals surface area contributed by atoms with E-state index in [0.29, 0.717) is 0 Å². The van der Waals surface area contributed by atoms with Crippen molar-refractivity contribution in [1.82, 2.24) is 9.78 Å². The molecule has 0 spiro atoms.